The van der Waals surface area contributed by atoms with Crippen LogP contribution in [0.4, 0.5) is 0 Å². The predicted molar refractivity (Wildman–Crippen MR) is 70.2 cm³/mol. The molecule has 0 aromatic heterocycles. The van der Waals surface area contributed by atoms with Crippen LogP contribution in [0.25, 0.3) is 0 Å². The number of hydrogen-bond acceptors (Lipinski definition) is 4. The summed E-state index contributed by atoms with van der Waals surface area (Å²) in [6.45, 7) is 8.89. The van der Waals surface area contributed by atoms with Gasteiger partial charge in [-0.05, 0) is 32.7 Å². The first-order valence-corrected chi connectivity index (χ1v) is 6.15. The van der Waals surface area contributed by atoms with Crippen molar-refractivity contribution in [3.8, 4) is 0 Å². The summed E-state index contributed by atoms with van der Waals surface area (Å²) in [7, 11) is 0. The Balaban J connectivity index is 4.01. The fourth-order valence-electron chi connectivity index (χ4n) is 1.48. The molecule has 1 atom stereocenters. The maximum Gasteiger partial charge on any atom is 0.144 e. The molecule has 0 aliphatic heterocycles. The lowest BCUT2D eigenvalue weighted by atomic mass is 9.86. The molecule has 0 bridgehead atoms. The minimum absolute atomic E-state index is 0.132. The summed E-state index contributed by atoms with van der Waals surface area (Å²) in [6.07, 6.45) is 2.63. The average Bonchev–Trinajstić information content (AvgIpc) is 2.33. The van der Waals surface area contributed by atoms with E-state index in [4.69, 9.17) is 10.9 Å². The lowest BCUT2D eigenvalue weighted by Gasteiger charge is -2.28. The minimum Gasteiger partial charge on any atom is -0.409 e. The second kappa shape index (κ2) is 6.81. The molecule has 0 aromatic carbocycles. The van der Waals surface area contributed by atoms with Gasteiger partial charge in [-0.2, -0.15) is 0 Å². The van der Waals surface area contributed by atoms with Crippen molar-refractivity contribution in [2.75, 3.05) is 13.2 Å². The summed E-state index contributed by atoms with van der Waals surface area (Å²) in [4.78, 5) is 0. The number of hydrogen-bond donors (Lipinski definition) is 4. The summed E-state index contributed by atoms with van der Waals surface area (Å²) in [5.41, 5.74) is 5.11. The lowest BCUT2D eigenvalue weighted by molar-refractivity contribution is 0.169. The topological polar surface area (TPSA) is 90.9 Å². The molecule has 0 rings (SSSR count). The molecule has 17 heavy (non-hydrogen) atoms. The molecule has 0 spiro atoms. The molecule has 0 saturated heterocycles. The number of nitrogens with zero attached hydrogens (tertiary/aromatic N) is 1. The van der Waals surface area contributed by atoms with Gasteiger partial charge in [-0.3, -0.25) is 0 Å². The van der Waals surface area contributed by atoms with Crippen molar-refractivity contribution in [2.24, 2.45) is 16.3 Å². The SMILES string of the molecule is CCC(C)(CO)NCCCC(C)(C)C(N)=NO. The van der Waals surface area contributed by atoms with Crippen molar-refractivity contribution in [1.29, 1.82) is 0 Å². The number of rotatable bonds is 8. The van der Waals surface area contributed by atoms with E-state index >= 15 is 0 Å². The number of amidine groups is 1. The summed E-state index contributed by atoms with van der Waals surface area (Å²) >= 11 is 0. The Labute approximate surface area is 104 Å². The molecule has 0 heterocycles. The summed E-state index contributed by atoms with van der Waals surface area (Å²) in [5.74, 6) is 0.262. The van der Waals surface area contributed by atoms with Crippen LogP contribution >= 0.6 is 0 Å². The molecular formula is C12H27N3O2. The third-order valence-electron chi connectivity index (χ3n) is 3.46. The highest BCUT2D eigenvalue weighted by Gasteiger charge is 2.24. The molecule has 5 N–H and O–H groups in total. The monoisotopic (exact) mass is 245 g/mol. The first-order chi connectivity index (χ1) is 7.81. The first-order valence-electron chi connectivity index (χ1n) is 6.15. The van der Waals surface area contributed by atoms with Gasteiger partial charge in [0, 0.05) is 11.0 Å². The minimum atomic E-state index is -0.293. The van der Waals surface area contributed by atoms with Crippen LogP contribution in [-0.2, 0) is 0 Å². The van der Waals surface area contributed by atoms with Crippen LogP contribution in [0, 0.1) is 5.41 Å². The van der Waals surface area contributed by atoms with Gasteiger partial charge in [-0.25, -0.2) is 0 Å². The van der Waals surface area contributed by atoms with Gasteiger partial charge in [0.1, 0.15) is 5.84 Å². The smallest absolute Gasteiger partial charge is 0.144 e. The molecule has 5 nitrogen and oxygen atoms in total. The number of aliphatic hydroxyl groups is 1. The van der Waals surface area contributed by atoms with Gasteiger partial charge in [0.25, 0.3) is 0 Å². The molecule has 0 fully saturated rings. The van der Waals surface area contributed by atoms with Crippen LogP contribution in [0.3, 0.4) is 0 Å². The zero-order chi connectivity index (χ0) is 13.5. The Morgan fingerprint density at radius 2 is 1.94 bits per heavy atom. The van der Waals surface area contributed by atoms with E-state index in [9.17, 15) is 5.11 Å². The van der Waals surface area contributed by atoms with E-state index in [2.05, 4.69) is 10.5 Å². The normalized spacial score (nSPS) is 16.9. The van der Waals surface area contributed by atoms with Crippen LogP contribution in [0.1, 0.15) is 47.0 Å². The molecule has 0 aliphatic carbocycles. The Hall–Kier alpha value is -0.810. The Kier molecular flexibility index (Phi) is 6.49. The average molecular weight is 245 g/mol. The van der Waals surface area contributed by atoms with Crippen molar-refractivity contribution in [3.05, 3.63) is 0 Å². The maximum absolute atomic E-state index is 9.24. The summed E-state index contributed by atoms with van der Waals surface area (Å²) in [5, 5.41) is 24.3. The second-order valence-electron chi connectivity index (χ2n) is 5.47. The van der Waals surface area contributed by atoms with E-state index in [-0.39, 0.29) is 23.4 Å². The van der Waals surface area contributed by atoms with Gasteiger partial charge in [-0.1, -0.05) is 25.9 Å². The summed E-state index contributed by atoms with van der Waals surface area (Å²) < 4.78 is 0. The standard InChI is InChI=1S/C12H27N3O2/c1-5-12(4,9-16)14-8-6-7-11(2,3)10(13)15-17/h14,16-17H,5-9H2,1-4H3,(H2,13,15). The highest BCUT2D eigenvalue weighted by Crippen LogP contribution is 2.22. The number of aliphatic hydroxyl groups excluding tert-OH is 1. The van der Waals surface area contributed by atoms with Crippen molar-refractivity contribution >= 4 is 5.84 Å². The van der Waals surface area contributed by atoms with Gasteiger partial charge in [0.2, 0.25) is 0 Å². The summed E-state index contributed by atoms with van der Waals surface area (Å²) in [6, 6.07) is 0. The molecular weight excluding hydrogens is 218 g/mol. The molecule has 0 saturated carbocycles. The van der Waals surface area contributed by atoms with Crippen LogP contribution < -0.4 is 11.1 Å². The number of nitrogens with one attached hydrogen (secondary N) is 1. The zero-order valence-electron chi connectivity index (χ0n) is 11.5. The van der Waals surface area contributed by atoms with Crippen LogP contribution in [0.15, 0.2) is 5.16 Å². The van der Waals surface area contributed by atoms with Gasteiger partial charge < -0.3 is 21.4 Å². The fraction of sp³-hybridized carbons (Fsp3) is 0.917. The highest BCUT2D eigenvalue weighted by atomic mass is 16.4. The zero-order valence-corrected chi connectivity index (χ0v) is 11.5. The van der Waals surface area contributed by atoms with E-state index in [0.717, 1.165) is 25.8 Å². The number of oxime groups is 1. The molecule has 0 radical (unpaired) electrons. The molecule has 0 aliphatic rings. The third-order valence-corrected chi connectivity index (χ3v) is 3.46. The van der Waals surface area contributed by atoms with Gasteiger partial charge in [-0.15, -0.1) is 0 Å². The van der Waals surface area contributed by atoms with E-state index in [1.54, 1.807) is 0 Å². The predicted octanol–water partition coefficient (Wildman–Crippen LogP) is 1.29. The Morgan fingerprint density at radius 1 is 1.35 bits per heavy atom. The van der Waals surface area contributed by atoms with Gasteiger partial charge >= 0.3 is 0 Å². The molecule has 1 unspecified atom stereocenters. The molecule has 0 aromatic rings. The molecule has 5 heteroatoms. The molecule has 0 amide bonds. The third kappa shape index (κ3) is 5.37. The van der Waals surface area contributed by atoms with E-state index in [0.29, 0.717) is 0 Å². The van der Waals surface area contributed by atoms with Gasteiger partial charge in [0.05, 0.1) is 6.61 Å². The van der Waals surface area contributed by atoms with E-state index < -0.39 is 0 Å². The second-order valence-corrected chi connectivity index (χ2v) is 5.47. The largest absolute Gasteiger partial charge is 0.409 e. The molecule has 102 valence electrons. The van der Waals surface area contributed by atoms with Crippen molar-refractivity contribution in [3.63, 3.8) is 0 Å². The van der Waals surface area contributed by atoms with Gasteiger partial charge in [0.15, 0.2) is 0 Å². The van der Waals surface area contributed by atoms with Crippen LogP contribution in [0.5, 0.6) is 0 Å². The van der Waals surface area contributed by atoms with Crippen molar-refractivity contribution < 1.29 is 10.3 Å². The Morgan fingerprint density at radius 3 is 2.35 bits per heavy atom. The van der Waals surface area contributed by atoms with Crippen LogP contribution in [-0.4, -0.2) is 34.8 Å². The van der Waals surface area contributed by atoms with E-state index in [1.165, 1.54) is 0 Å². The lowest BCUT2D eigenvalue weighted by Crippen LogP contribution is -2.45. The maximum atomic E-state index is 9.24. The quantitative estimate of drug-likeness (QED) is 0.170. The van der Waals surface area contributed by atoms with Crippen molar-refractivity contribution in [2.45, 2.75) is 52.5 Å². The van der Waals surface area contributed by atoms with E-state index in [1.807, 2.05) is 27.7 Å². The van der Waals surface area contributed by atoms with Crippen molar-refractivity contribution in [1.82, 2.24) is 5.32 Å². The number of nitrogens with two attached hydrogens (primary N) is 1. The highest BCUT2D eigenvalue weighted by molar-refractivity contribution is 5.85. The Bertz CT molecular complexity index is 248. The fourth-order valence-corrected chi connectivity index (χ4v) is 1.48. The van der Waals surface area contributed by atoms with Crippen LogP contribution in [0.2, 0.25) is 0 Å². The first kappa shape index (κ1) is 16.2.